The molecule has 2 aliphatic carbocycles. The molecule has 0 bridgehead atoms. The zero-order valence-electron chi connectivity index (χ0n) is 9.82. The molecule has 0 aromatic carbocycles. The molecular formula is C13H19N3. The number of nitrogens with one attached hydrogen (secondary N) is 1. The van der Waals surface area contributed by atoms with E-state index in [2.05, 4.69) is 15.3 Å². The van der Waals surface area contributed by atoms with Crippen molar-refractivity contribution in [2.75, 3.05) is 11.9 Å². The highest BCUT2D eigenvalue weighted by molar-refractivity contribution is 5.38. The molecule has 2 fully saturated rings. The van der Waals surface area contributed by atoms with E-state index >= 15 is 0 Å². The summed E-state index contributed by atoms with van der Waals surface area (Å²) >= 11 is 0. The molecule has 2 aliphatic rings. The van der Waals surface area contributed by atoms with Gasteiger partial charge in [-0.2, -0.15) is 0 Å². The van der Waals surface area contributed by atoms with E-state index in [1.54, 1.807) is 12.4 Å². The first kappa shape index (κ1) is 10.1. The van der Waals surface area contributed by atoms with Gasteiger partial charge in [-0.1, -0.05) is 0 Å². The second-order valence-corrected chi connectivity index (χ2v) is 5.21. The second kappa shape index (κ2) is 4.04. The van der Waals surface area contributed by atoms with E-state index < -0.39 is 0 Å². The molecule has 1 N–H and O–H groups in total. The van der Waals surface area contributed by atoms with Gasteiger partial charge in [-0.25, -0.2) is 4.98 Å². The number of aromatic nitrogens is 2. The average molecular weight is 217 g/mol. The summed E-state index contributed by atoms with van der Waals surface area (Å²) in [6, 6.07) is 0. The quantitative estimate of drug-likeness (QED) is 0.824. The molecule has 0 atom stereocenters. The van der Waals surface area contributed by atoms with Crippen LogP contribution in [0.2, 0.25) is 0 Å². The lowest BCUT2D eigenvalue weighted by atomic mass is 9.98. The van der Waals surface area contributed by atoms with Crippen LogP contribution in [0, 0.1) is 24.7 Å². The first-order valence-corrected chi connectivity index (χ1v) is 6.36. The Morgan fingerprint density at radius 2 is 1.81 bits per heavy atom. The second-order valence-electron chi connectivity index (χ2n) is 5.21. The Labute approximate surface area is 96.7 Å². The van der Waals surface area contributed by atoms with Gasteiger partial charge in [-0.3, -0.25) is 4.98 Å². The SMILES string of the molecule is Cc1nccnc1NCC(C1CC1)C1CC1. The van der Waals surface area contributed by atoms with Crippen molar-refractivity contribution in [2.45, 2.75) is 32.6 Å². The largest absolute Gasteiger partial charge is 0.368 e. The fraction of sp³-hybridized carbons (Fsp3) is 0.692. The van der Waals surface area contributed by atoms with E-state index in [1.165, 1.54) is 25.7 Å². The van der Waals surface area contributed by atoms with Crippen LogP contribution in [0.15, 0.2) is 12.4 Å². The Morgan fingerprint density at radius 1 is 1.19 bits per heavy atom. The summed E-state index contributed by atoms with van der Waals surface area (Å²) in [4.78, 5) is 8.59. The molecule has 3 heteroatoms. The van der Waals surface area contributed by atoms with Crippen molar-refractivity contribution in [1.82, 2.24) is 9.97 Å². The highest BCUT2D eigenvalue weighted by Gasteiger charge is 2.41. The number of rotatable bonds is 5. The third kappa shape index (κ3) is 2.18. The van der Waals surface area contributed by atoms with Crippen LogP contribution >= 0.6 is 0 Å². The summed E-state index contributed by atoms with van der Waals surface area (Å²) in [5.74, 6) is 3.85. The van der Waals surface area contributed by atoms with E-state index in [4.69, 9.17) is 0 Å². The summed E-state index contributed by atoms with van der Waals surface area (Å²) in [5, 5.41) is 3.48. The van der Waals surface area contributed by atoms with Crippen LogP contribution in [0.25, 0.3) is 0 Å². The van der Waals surface area contributed by atoms with E-state index in [0.29, 0.717) is 0 Å². The van der Waals surface area contributed by atoms with E-state index in [-0.39, 0.29) is 0 Å². The zero-order valence-corrected chi connectivity index (χ0v) is 9.82. The topological polar surface area (TPSA) is 37.8 Å². The van der Waals surface area contributed by atoms with Crippen molar-refractivity contribution in [3.8, 4) is 0 Å². The van der Waals surface area contributed by atoms with Gasteiger partial charge >= 0.3 is 0 Å². The molecule has 0 unspecified atom stereocenters. The molecule has 0 amide bonds. The molecular weight excluding hydrogens is 198 g/mol. The standard InChI is InChI=1S/C13H19N3/c1-9-13(15-7-6-14-9)16-8-12(10-2-3-10)11-4-5-11/h6-7,10-12H,2-5,8H2,1H3,(H,15,16). The van der Waals surface area contributed by atoms with Gasteiger partial charge in [0.1, 0.15) is 5.82 Å². The Kier molecular flexibility index (Phi) is 2.54. The maximum Gasteiger partial charge on any atom is 0.147 e. The molecule has 1 aromatic rings. The Bertz CT molecular complexity index is 357. The molecule has 3 nitrogen and oxygen atoms in total. The average Bonchev–Trinajstić information content (AvgIpc) is 3.15. The fourth-order valence-electron chi connectivity index (χ4n) is 2.56. The summed E-state index contributed by atoms with van der Waals surface area (Å²) in [5.41, 5.74) is 1.01. The molecule has 1 aromatic heterocycles. The monoisotopic (exact) mass is 217 g/mol. The summed E-state index contributed by atoms with van der Waals surface area (Å²) < 4.78 is 0. The molecule has 0 radical (unpaired) electrons. The van der Waals surface area contributed by atoms with Crippen molar-refractivity contribution < 1.29 is 0 Å². The normalized spacial score (nSPS) is 20.1. The van der Waals surface area contributed by atoms with Crippen molar-refractivity contribution >= 4 is 5.82 Å². The number of aryl methyl sites for hydroxylation is 1. The minimum atomic E-state index is 0.890. The van der Waals surface area contributed by atoms with E-state index in [0.717, 1.165) is 35.8 Å². The van der Waals surface area contributed by atoms with Crippen LogP contribution in [0.1, 0.15) is 31.4 Å². The molecule has 0 saturated heterocycles. The lowest BCUT2D eigenvalue weighted by Crippen LogP contribution is -2.19. The van der Waals surface area contributed by atoms with Gasteiger partial charge in [-0.15, -0.1) is 0 Å². The fourth-order valence-corrected chi connectivity index (χ4v) is 2.56. The predicted octanol–water partition coefficient (Wildman–Crippen LogP) is 2.63. The highest BCUT2D eigenvalue weighted by Crippen LogP contribution is 2.49. The Balaban J connectivity index is 1.60. The van der Waals surface area contributed by atoms with Gasteiger partial charge in [0.05, 0.1) is 5.69 Å². The van der Waals surface area contributed by atoms with Gasteiger partial charge in [0, 0.05) is 18.9 Å². The maximum absolute atomic E-state index is 4.34. The lowest BCUT2D eigenvalue weighted by Gasteiger charge is -2.17. The van der Waals surface area contributed by atoms with Crippen LogP contribution < -0.4 is 5.32 Å². The van der Waals surface area contributed by atoms with Crippen LogP contribution in [0.5, 0.6) is 0 Å². The number of anilines is 1. The smallest absolute Gasteiger partial charge is 0.147 e. The lowest BCUT2D eigenvalue weighted by molar-refractivity contribution is 0.427. The van der Waals surface area contributed by atoms with Gasteiger partial charge in [0.25, 0.3) is 0 Å². The first-order valence-electron chi connectivity index (χ1n) is 6.36. The predicted molar refractivity (Wildman–Crippen MR) is 64.2 cm³/mol. The van der Waals surface area contributed by atoms with Gasteiger partial charge in [-0.05, 0) is 50.4 Å². The van der Waals surface area contributed by atoms with Crippen LogP contribution in [-0.4, -0.2) is 16.5 Å². The van der Waals surface area contributed by atoms with Crippen molar-refractivity contribution in [1.29, 1.82) is 0 Å². The maximum atomic E-state index is 4.34. The Hall–Kier alpha value is -1.12. The van der Waals surface area contributed by atoms with Gasteiger partial charge in [0.2, 0.25) is 0 Å². The van der Waals surface area contributed by atoms with Gasteiger partial charge in [0.15, 0.2) is 0 Å². The highest BCUT2D eigenvalue weighted by atomic mass is 15.0. The molecule has 1 heterocycles. The van der Waals surface area contributed by atoms with Crippen LogP contribution in [0.4, 0.5) is 5.82 Å². The van der Waals surface area contributed by atoms with E-state index in [1.807, 2.05) is 6.92 Å². The summed E-state index contributed by atoms with van der Waals surface area (Å²) in [6.07, 6.45) is 9.30. The minimum absolute atomic E-state index is 0.890. The summed E-state index contributed by atoms with van der Waals surface area (Å²) in [6.45, 7) is 3.10. The molecule has 0 spiro atoms. The van der Waals surface area contributed by atoms with Crippen molar-refractivity contribution in [2.24, 2.45) is 17.8 Å². The van der Waals surface area contributed by atoms with Gasteiger partial charge < -0.3 is 5.32 Å². The number of hydrogen-bond donors (Lipinski definition) is 1. The molecule has 16 heavy (non-hydrogen) atoms. The van der Waals surface area contributed by atoms with Crippen LogP contribution in [-0.2, 0) is 0 Å². The first-order chi connectivity index (χ1) is 7.84. The minimum Gasteiger partial charge on any atom is -0.368 e. The third-order valence-corrected chi connectivity index (χ3v) is 3.84. The molecule has 86 valence electrons. The van der Waals surface area contributed by atoms with Crippen molar-refractivity contribution in [3.63, 3.8) is 0 Å². The zero-order chi connectivity index (χ0) is 11.0. The number of hydrogen-bond acceptors (Lipinski definition) is 3. The van der Waals surface area contributed by atoms with Crippen molar-refractivity contribution in [3.05, 3.63) is 18.1 Å². The summed E-state index contributed by atoms with van der Waals surface area (Å²) in [7, 11) is 0. The van der Waals surface area contributed by atoms with Crippen LogP contribution in [0.3, 0.4) is 0 Å². The molecule has 2 saturated carbocycles. The van der Waals surface area contributed by atoms with E-state index in [9.17, 15) is 0 Å². The molecule has 3 rings (SSSR count). The Morgan fingerprint density at radius 3 is 2.38 bits per heavy atom. The molecule has 0 aliphatic heterocycles. The third-order valence-electron chi connectivity index (χ3n) is 3.84. The number of nitrogens with zero attached hydrogens (tertiary/aromatic N) is 2.